The minimum atomic E-state index is -0.918. The van der Waals surface area contributed by atoms with E-state index in [9.17, 15) is 19.2 Å². The van der Waals surface area contributed by atoms with Crippen molar-refractivity contribution < 1.29 is 14.4 Å². The topological polar surface area (TPSA) is 116 Å². The number of aromatic nitrogens is 2. The molecule has 0 radical (unpaired) electrons. The number of carbonyl (C=O) groups is 3. The van der Waals surface area contributed by atoms with Crippen LogP contribution in [0.5, 0.6) is 0 Å². The largest absolute Gasteiger partial charge is 0.326 e. The number of imidazole rings is 1. The molecule has 1 fully saturated rings. The molecule has 2 aromatic carbocycles. The van der Waals surface area contributed by atoms with E-state index in [1.54, 1.807) is 37.4 Å². The van der Waals surface area contributed by atoms with Crippen LogP contribution in [0, 0.1) is 0 Å². The summed E-state index contributed by atoms with van der Waals surface area (Å²) in [6.07, 6.45) is 0.802. The van der Waals surface area contributed by atoms with Gasteiger partial charge >= 0.3 is 11.7 Å². The van der Waals surface area contributed by atoms with Crippen molar-refractivity contribution in [3.05, 3.63) is 63.0 Å². The van der Waals surface area contributed by atoms with E-state index >= 15 is 0 Å². The SMILES string of the molecule is CN1C(=O)NC(=O)[C@]12Cc1ccc(NC(=O)Cn3c(=O)[nH]c4c(Cl)cccc43)cc1C2. The molecule has 2 heterocycles. The number of hydrogen-bond donors (Lipinski definition) is 3. The zero-order chi connectivity index (χ0) is 21.9. The molecule has 4 amide bonds. The van der Waals surface area contributed by atoms with E-state index < -0.39 is 17.3 Å². The first-order chi connectivity index (χ1) is 14.8. The second-order valence-electron chi connectivity index (χ2n) is 7.89. The molecule has 0 saturated carbocycles. The van der Waals surface area contributed by atoms with Crippen LogP contribution in [0.4, 0.5) is 10.5 Å². The normalized spacial score (nSPS) is 19.9. The van der Waals surface area contributed by atoms with E-state index in [1.807, 2.05) is 6.07 Å². The van der Waals surface area contributed by atoms with Gasteiger partial charge in [0.1, 0.15) is 12.1 Å². The average Bonchev–Trinajstić information content (AvgIpc) is 3.32. The number of benzene rings is 2. The first-order valence-corrected chi connectivity index (χ1v) is 10.0. The van der Waals surface area contributed by atoms with Gasteiger partial charge in [0, 0.05) is 25.6 Å². The smallest absolute Gasteiger partial charge is 0.325 e. The molecular formula is C21H18ClN5O4. The van der Waals surface area contributed by atoms with Gasteiger partial charge in [0.25, 0.3) is 5.91 Å². The number of hydrogen-bond acceptors (Lipinski definition) is 4. The Morgan fingerprint density at radius 3 is 2.68 bits per heavy atom. The third-order valence-corrected chi connectivity index (χ3v) is 6.42. The summed E-state index contributed by atoms with van der Waals surface area (Å²) in [6.45, 7) is -0.181. The third kappa shape index (κ3) is 2.92. The van der Waals surface area contributed by atoms with Gasteiger partial charge in [-0.3, -0.25) is 19.5 Å². The zero-order valence-electron chi connectivity index (χ0n) is 16.5. The number of para-hydroxylation sites is 1. The van der Waals surface area contributed by atoms with Crippen LogP contribution < -0.4 is 16.3 Å². The van der Waals surface area contributed by atoms with Gasteiger partial charge in [-0.15, -0.1) is 0 Å². The minimum absolute atomic E-state index is 0.181. The molecule has 2 aliphatic rings. The van der Waals surface area contributed by atoms with E-state index in [1.165, 1.54) is 9.47 Å². The maximum atomic E-state index is 12.6. The highest BCUT2D eigenvalue weighted by atomic mass is 35.5. The van der Waals surface area contributed by atoms with Crippen LogP contribution in [0.15, 0.2) is 41.2 Å². The number of anilines is 1. The highest BCUT2D eigenvalue weighted by molar-refractivity contribution is 6.34. The number of urea groups is 1. The molecule has 1 aliphatic heterocycles. The Hall–Kier alpha value is -3.59. The maximum absolute atomic E-state index is 12.6. The monoisotopic (exact) mass is 439 g/mol. The molecule has 1 aliphatic carbocycles. The molecule has 1 saturated heterocycles. The lowest BCUT2D eigenvalue weighted by atomic mass is 9.95. The number of rotatable bonds is 3. The fraction of sp³-hybridized carbons (Fsp3) is 0.238. The zero-order valence-corrected chi connectivity index (χ0v) is 17.2. The van der Waals surface area contributed by atoms with Crippen molar-refractivity contribution in [2.45, 2.75) is 24.9 Å². The number of carbonyl (C=O) groups excluding carboxylic acids is 3. The van der Waals surface area contributed by atoms with Crippen molar-refractivity contribution in [2.24, 2.45) is 0 Å². The van der Waals surface area contributed by atoms with Crippen molar-refractivity contribution >= 4 is 46.2 Å². The summed E-state index contributed by atoms with van der Waals surface area (Å²) < 4.78 is 1.32. The molecule has 0 bridgehead atoms. The second kappa shape index (κ2) is 6.71. The number of imide groups is 1. The number of nitrogens with one attached hydrogen (secondary N) is 3. The van der Waals surface area contributed by atoms with Gasteiger partial charge in [-0.1, -0.05) is 23.7 Å². The van der Waals surface area contributed by atoms with Gasteiger partial charge in [0.05, 0.1) is 16.1 Å². The number of fused-ring (bicyclic) bond motifs is 2. The van der Waals surface area contributed by atoms with E-state index in [0.717, 1.165) is 11.1 Å². The average molecular weight is 440 g/mol. The number of aromatic amines is 1. The Labute approximate surface area is 181 Å². The summed E-state index contributed by atoms with van der Waals surface area (Å²) in [7, 11) is 1.61. The van der Waals surface area contributed by atoms with Crippen molar-refractivity contribution in [3.63, 3.8) is 0 Å². The number of likely N-dealkylation sites (N-methyl/N-ethyl adjacent to an activating group) is 1. The van der Waals surface area contributed by atoms with Gasteiger partial charge in [0.15, 0.2) is 0 Å². The molecule has 0 unspecified atom stereocenters. The van der Waals surface area contributed by atoms with Gasteiger partial charge in [-0.25, -0.2) is 9.59 Å². The lowest BCUT2D eigenvalue weighted by Crippen LogP contribution is -2.48. The van der Waals surface area contributed by atoms with Crippen LogP contribution in [-0.2, 0) is 29.0 Å². The van der Waals surface area contributed by atoms with Crippen LogP contribution >= 0.6 is 11.6 Å². The van der Waals surface area contributed by atoms with Gasteiger partial charge < -0.3 is 15.2 Å². The van der Waals surface area contributed by atoms with Crippen molar-refractivity contribution in [1.82, 2.24) is 19.8 Å². The first kappa shape index (κ1) is 19.4. The van der Waals surface area contributed by atoms with Crippen LogP contribution in [0.1, 0.15) is 11.1 Å². The third-order valence-electron chi connectivity index (χ3n) is 6.11. The lowest BCUT2D eigenvalue weighted by molar-refractivity contribution is -0.125. The van der Waals surface area contributed by atoms with Gasteiger partial charge in [0.2, 0.25) is 5.91 Å². The molecule has 3 aromatic rings. The fourth-order valence-corrected chi connectivity index (χ4v) is 4.64. The number of amides is 4. The lowest BCUT2D eigenvalue weighted by Gasteiger charge is -2.27. The van der Waals surface area contributed by atoms with Crippen molar-refractivity contribution in [1.29, 1.82) is 0 Å². The van der Waals surface area contributed by atoms with Crippen LogP contribution in [0.25, 0.3) is 11.0 Å². The summed E-state index contributed by atoms with van der Waals surface area (Å²) in [4.78, 5) is 53.3. The summed E-state index contributed by atoms with van der Waals surface area (Å²) in [5.41, 5.74) is 2.09. The molecule has 1 atom stereocenters. The van der Waals surface area contributed by atoms with Crippen molar-refractivity contribution in [2.75, 3.05) is 12.4 Å². The second-order valence-corrected chi connectivity index (χ2v) is 8.29. The van der Waals surface area contributed by atoms with Crippen LogP contribution in [0.3, 0.4) is 0 Å². The summed E-state index contributed by atoms with van der Waals surface area (Å²) in [5, 5.41) is 5.57. The van der Waals surface area contributed by atoms with Crippen LogP contribution in [-0.4, -0.2) is 44.9 Å². The molecular weight excluding hydrogens is 422 g/mol. The Morgan fingerprint density at radius 2 is 1.94 bits per heavy atom. The highest BCUT2D eigenvalue weighted by Crippen LogP contribution is 2.38. The van der Waals surface area contributed by atoms with E-state index in [-0.39, 0.29) is 18.4 Å². The Morgan fingerprint density at radius 1 is 1.16 bits per heavy atom. The molecule has 5 rings (SSSR count). The fourth-order valence-electron chi connectivity index (χ4n) is 4.42. The quantitative estimate of drug-likeness (QED) is 0.538. The summed E-state index contributed by atoms with van der Waals surface area (Å²) in [5.74, 6) is -0.680. The maximum Gasteiger partial charge on any atom is 0.326 e. The summed E-state index contributed by atoms with van der Waals surface area (Å²) >= 11 is 6.11. The van der Waals surface area contributed by atoms with Gasteiger partial charge in [-0.2, -0.15) is 0 Å². The highest BCUT2D eigenvalue weighted by Gasteiger charge is 2.54. The van der Waals surface area contributed by atoms with Crippen LogP contribution in [0.2, 0.25) is 5.02 Å². The number of H-pyrrole nitrogens is 1. The Bertz CT molecular complexity index is 1340. The number of nitrogens with zero attached hydrogens (tertiary/aromatic N) is 2. The molecule has 9 nitrogen and oxygen atoms in total. The summed E-state index contributed by atoms with van der Waals surface area (Å²) in [6, 6.07) is 10.1. The molecule has 1 spiro atoms. The molecule has 31 heavy (non-hydrogen) atoms. The number of halogens is 1. The predicted molar refractivity (Wildman–Crippen MR) is 114 cm³/mol. The minimum Gasteiger partial charge on any atom is -0.325 e. The standard InChI is InChI=1S/C21H18ClN5O4/c1-26-19(30)25-18(29)21(26)8-11-5-6-13(7-12(11)9-21)23-16(28)10-27-15-4-2-3-14(22)17(15)24-20(27)31/h2-7H,8-10H2,1H3,(H,23,28)(H,24,31)(H,25,29,30)/t21-/m1/s1. The first-order valence-electron chi connectivity index (χ1n) is 9.66. The van der Waals surface area contributed by atoms with E-state index in [0.29, 0.717) is 34.6 Å². The Balaban J connectivity index is 1.36. The molecule has 10 heteroatoms. The molecule has 158 valence electrons. The van der Waals surface area contributed by atoms with Crippen molar-refractivity contribution in [3.8, 4) is 0 Å². The molecule has 3 N–H and O–H groups in total. The van der Waals surface area contributed by atoms with E-state index in [2.05, 4.69) is 15.6 Å². The molecule has 1 aromatic heterocycles. The predicted octanol–water partition coefficient (Wildman–Crippen LogP) is 1.64. The van der Waals surface area contributed by atoms with Gasteiger partial charge in [-0.05, 0) is 35.4 Å². The van der Waals surface area contributed by atoms with E-state index in [4.69, 9.17) is 11.6 Å². The Kier molecular flexibility index (Phi) is 4.19.